The van der Waals surface area contributed by atoms with Gasteiger partial charge in [-0.15, -0.1) is 0 Å². The van der Waals surface area contributed by atoms with Gasteiger partial charge in [0.25, 0.3) is 0 Å². The minimum atomic E-state index is -5.08. The van der Waals surface area contributed by atoms with Gasteiger partial charge in [-0.2, -0.15) is 44.5 Å². The van der Waals surface area contributed by atoms with E-state index in [1.54, 1.807) is 12.1 Å². The molecular formula is C34H33ClF9N5O6S. The smallest absolute Gasteiger partial charge is 0.484 e. The molecule has 3 aromatic carbocycles. The summed E-state index contributed by atoms with van der Waals surface area (Å²) in [6, 6.07) is 17.3. The molecule has 1 aromatic heterocycles. The number of halogens is 10. The molecule has 0 saturated heterocycles. The van der Waals surface area contributed by atoms with Crippen molar-refractivity contribution in [3.63, 3.8) is 0 Å². The molecule has 4 N–H and O–H groups in total. The van der Waals surface area contributed by atoms with Crippen molar-refractivity contribution in [3.8, 4) is 11.5 Å². The first kappa shape index (κ1) is 44.0. The van der Waals surface area contributed by atoms with Gasteiger partial charge in [0.2, 0.25) is 16.0 Å². The number of hydrogen-bond acceptors (Lipinski definition) is 9. The number of para-hydroxylation sites is 1. The Balaban J connectivity index is 0.000000908. The van der Waals surface area contributed by atoms with Crippen LogP contribution >= 0.6 is 11.6 Å². The summed E-state index contributed by atoms with van der Waals surface area (Å²) in [7, 11) is -4.49. The van der Waals surface area contributed by atoms with Crippen molar-refractivity contribution in [1.82, 2.24) is 14.7 Å². The molecule has 22 heteroatoms. The number of aromatic nitrogens is 2. The molecule has 0 radical (unpaired) electrons. The van der Waals surface area contributed by atoms with Gasteiger partial charge in [-0.1, -0.05) is 23.7 Å². The third-order valence-electron chi connectivity index (χ3n) is 8.03. The molecule has 0 atom stereocenters. The highest BCUT2D eigenvalue weighted by atomic mass is 35.5. The lowest BCUT2D eigenvalue weighted by Gasteiger charge is -2.29. The van der Waals surface area contributed by atoms with Crippen molar-refractivity contribution in [3.05, 3.63) is 71.8 Å². The Kier molecular flexibility index (Phi) is 14.5. The molecular weight excluding hydrogens is 813 g/mol. The maximum absolute atomic E-state index is 13.2. The normalized spacial score (nSPS) is 16.4. The number of alkyl halides is 9. The number of nitrogens with one attached hydrogen (secondary N) is 3. The number of nitrogens with zero attached hydrogens (tertiary/aromatic N) is 2. The molecule has 1 aliphatic carbocycles. The van der Waals surface area contributed by atoms with E-state index in [-0.39, 0.29) is 18.4 Å². The average Bonchev–Trinajstić information content (AvgIpc) is 3.12. The Labute approximate surface area is 318 Å². The van der Waals surface area contributed by atoms with Crippen LogP contribution < -0.4 is 24.8 Å². The molecule has 0 bridgehead atoms. The van der Waals surface area contributed by atoms with Gasteiger partial charge in [-0.05, 0) is 86.1 Å². The number of hydrogen-bond donors (Lipinski definition) is 4. The van der Waals surface area contributed by atoms with Crippen molar-refractivity contribution in [1.29, 1.82) is 0 Å². The van der Waals surface area contributed by atoms with Crippen molar-refractivity contribution < 1.29 is 67.3 Å². The second-order valence-electron chi connectivity index (χ2n) is 12.4. The van der Waals surface area contributed by atoms with Crippen LogP contribution in [0, 0.1) is 11.8 Å². The molecule has 4 aromatic rings. The van der Waals surface area contributed by atoms with Gasteiger partial charge in [-0.25, -0.2) is 22.9 Å². The lowest BCUT2D eigenvalue weighted by atomic mass is 9.82. The molecule has 11 nitrogen and oxygen atoms in total. The van der Waals surface area contributed by atoms with Crippen LogP contribution in [0.1, 0.15) is 25.7 Å². The molecule has 5 rings (SSSR count). The quantitative estimate of drug-likeness (QED) is 0.0962. The molecule has 1 saturated carbocycles. The summed E-state index contributed by atoms with van der Waals surface area (Å²) < 4.78 is 146. The monoisotopic (exact) mass is 845 g/mol. The van der Waals surface area contributed by atoms with Crippen LogP contribution in [-0.4, -0.2) is 74.3 Å². The van der Waals surface area contributed by atoms with Gasteiger partial charge < -0.3 is 25.2 Å². The summed E-state index contributed by atoms with van der Waals surface area (Å²) in [6.45, 7) is -2.96. The summed E-state index contributed by atoms with van der Waals surface area (Å²) >= 11 is 6.01. The molecule has 1 heterocycles. The maximum Gasteiger partial charge on any atom is 0.490 e. The third kappa shape index (κ3) is 14.1. The first-order valence-corrected chi connectivity index (χ1v) is 18.3. The lowest BCUT2D eigenvalue weighted by molar-refractivity contribution is -0.192. The van der Waals surface area contributed by atoms with Crippen molar-refractivity contribution in [2.45, 2.75) is 49.1 Å². The fourth-order valence-corrected chi connectivity index (χ4v) is 6.73. The van der Waals surface area contributed by atoms with Gasteiger partial charge in [0.15, 0.2) is 13.2 Å². The Morgan fingerprint density at radius 1 is 0.804 bits per heavy atom. The zero-order valence-corrected chi connectivity index (χ0v) is 30.3. The molecule has 56 heavy (non-hydrogen) atoms. The van der Waals surface area contributed by atoms with Gasteiger partial charge >= 0.3 is 24.5 Å². The Morgan fingerprint density at radius 2 is 1.38 bits per heavy atom. The van der Waals surface area contributed by atoms with E-state index in [1.807, 2.05) is 36.4 Å². The summed E-state index contributed by atoms with van der Waals surface area (Å²) in [5, 5.41) is 15.2. The number of rotatable bonds is 13. The van der Waals surface area contributed by atoms with E-state index in [2.05, 4.69) is 34.8 Å². The van der Waals surface area contributed by atoms with Gasteiger partial charge in [0, 0.05) is 35.3 Å². The zero-order chi connectivity index (χ0) is 41.3. The van der Waals surface area contributed by atoms with E-state index >= 15 is 0 Å². The summed E-state index contributed by atoms with van der Waals surface area (Å²) in [6.07, 6.45) is -11.7. The van der Waals surface area contributed by atoms with Gasteiger partial charge in [0.05, 0.1) is 5.52 Å². The third-order valence-corrected chi connectivity index (χ3v) is 9.73. The molecule has 1 fully saturated rings. The van der Waals surface area contributed by atoms with Crippen LogP contribution in [0.2, 0.25) is 5.02 Å². The minimum Gasteiger partial charge on any atom is -0.484 e. The second-order valence-corrected chi connectivity index (χ2v) is 14.6. The van der Waals surface area contributed by atoms with Gasteiger partial charge in [0.1, 0.15) is 22.2 Å². The average molecular weight is 846 g/mol. The predicted molar refractivity (Wildman–Crippen MR) is 187 cm³/mol. The van der Waals surface area contributed by atoms with Crippen LogP contribution in [-0.2, 0) is 14.8 Å². The highest BCUT2D eigenvalue weighted by Crippen LogP contribution is 2.33. The molecule has 0 aliphatic heterocycles. The highest BCUT2D eigenvalue weighted by molar-refractivity contribution is 7.89. The van der Waals surface area contributed by atoms with Crippen LogP contribution in [0.5, 0.6) is 11.5 Å². The molecule has 0 spiro atoms. The van der Waals surface area contributed by atoms with Crippen LogP contribution in [0.15, 0.2) is 71.6 Å². The number of carbonyl (C=O) groups is 1. The minimum absolute atomic E-state index is 0.0255. The summed E-state index contributed by atoms with van der Waals surface area (Å²) in [5.41, 5.74) is 1.55. The molecule has 1 aliphatic rings. The number of sulfonamides is 1. The molecule has 306 valence electrons. The molecule has 0 amide bonds. The van der Waals surface area contributed by atoms with Crippen molar-refractivity contribution >= 4 is 56.0 Å². The van der Waals surface area contributed by atoms with Crippen LogP contribution in [0.25, 0.3) is 10.9 Å². The van der Waals surface area contributed by atoms with E-state index in [1.165, 1.54) is 0 Å². The SMILES string of the molecule is O=C(O)C(F)(F)F.O=S(=O)(NCC1CCC(CNc2nc(Nc3ccc(Cl)cc3)c3ccccc3n2)CC1)c1cc(OCC(F)(F)F)ccc1OCC(F)(F)F. The Morgan fingerprint density at radius 3 is 1.96 bits per heavy atom. The standard InChI is InChI=1S/C32H32ClF6N5O4S.C2HF3O2/c33-22-9-11-23(12-10-22)42-29-25-3-1-2-4-26(25)43-30(44-29)40-16-20-5-7-21(8-6-20)17-41-49(45,46)28-15-24(47-18-31(34,35)36)13-14-27(28)48-19-32(37,38)39;3-2(4,5)1(6)7/h1-4,9-15,20-21,41H,5-8,16-19H2,(H2,40,42,43,44);(H,6,7). The van der Waals surface area contributed by atoms with Gasteiger partial charge in [-0.3, -0.25) is 0 Å². The van der Waals surface area contributed by atoms with Crippen LogP contribution in [0.3, 0.4) is 0 Å². The summed E-state index contributed by atoms with van der Waals surface area (Å²) in [4.78, 5) is 17.5. The fourth-order valence-electron chi connectivity index (χ4n) is 5.33. The largest absolute Gasteiger partial charge is 0.490 e. The number of benzene rings is 3. The maximum atomic E-state index is 13.2. The van der Waals surface area contributed by atoms with Crippen LogP contribution in [0.4, 0.5) is 57.0 Å². The summed E-state index contributed by atoms with van der Waals surface area (Å²) in [5.74, 6) is -2.70. The highest BCUT2D eigenvalue weighted by Gasteiger charge is 2.38. The van der Waals surface area contributed by atoms with Crippen molar-refractivity contribution in [2.75, 3.05) is 36.9 Å². The molecule has 0 unspecified atom stereocenters. The van der Waals surface area contributed by atoms with E-state index < -0.39 is 64.1 Å². The zero-order valence-electron chi connectivity index (χ0n) is 28.7. The first-order valence-electron chi connectivity index (χ1n) is 16.4. The number of carboxylic acids is 1. The number of ether oxygens (including phenoxy) is 2. The van der Waals surface area contributed by atoms with Crippen molar-refractivity contribution in [2.24, 2.45) is 11.8 Å². The Bertz CT molecular complexity index is 2050. The van der Waals surface area contributed by atoms with E-state index in [9.17, 15) is 47.9 Å². The number of carboxylic acid groups (broad SMARTS) is 1. The topological polar surface area (TPSA) is 152 Å². The van der Waals surface area contributed by atoms with E-state index in [0.29, 0.717) is 42.2 Å². The van der Waals surface area contributed by atoms with E-state index in [0.717, 1.165) is 41.6 Å². The first-order chi connectivity index (χ1) is 26.1. The number of aliphatic carboxylic acids is 1. The predicted octanol–water partition coefficient (Wildman–Crippen LogP) is 8.74. The Hall–Kier alpha value is -4.76. The van der Waals surface area contributed by atoms with E-state index in [4.69, 9.17) is 21.5 Å². The number of fused-ring (bicyclic) bond motifs is 1. The number of anilines is 3. The fraction of sp³-hybridized carbons (Fsp3) is 0.382. The lowest BCUT2D eigenvalue weighted by Crippen LogP contribution is -2.33. The second kappa shape index (κ2) is 18.5.